The van der Waals surface area contributed by atoms with Crippen LogP contribution in [0.15, 0.2) is 288 Å². The molecule has 1 aliphatic rings. The van der Waals surface area contributed by atoms with Gasteiger partial charge in [-0.25, -0.2) is 0 Å². The molecule has 0 bridgehead atoms. The van der Waals surface area contributed by atoms with Crippen molar-refractivity contribution in [3.05, 3.63) is 318 Å². The Balaban J connectivity index is 1.12. The number of para-hydroxylation sites is 6. The Bertz CT molecular complexity index is 4820. The summed E-state index contributed by atoms with van der Waals surface area (Å²) in [5.74, 6) is 0. The zero-order valence-electron chi connectivity index (χ0n) is 52.7. The predicted octanol–water partition coefficient (Wildman–Crippen LogP) is 24.2. The van der Waals surface area contributed by atoms with Crippen LogP contribution in [0.5, 0.6) is 0 Å². The Morgan fingerprint density at radius 1 is 0.278 bits per heavy atom. The number of anilines is 9. The molecule has 0 spiro atoms. The van der Waals surface area contributed by atoms with Crippen molar-refractivity contribution >= 4 is 95.1 Å². The van der Waals surface area contributed by atoms with Gasteiger partial charge in [-0.05, 0) is 164 Å². The van der Waals surface area contributed by atoms with E-state index in [0.717, 1.165) is 128 Å². The Kier molecular flexibility index (Phi) is 13.4. The molecule has 2 aromatic heterocycles. The van der Waals surface area contributed by atoms with Gasteiger partial charge < -0.3 is 23.5 Å². The van der Waals surface area contributed by atoms with Crippen molar-refractivity contribution in [1.82, 2.24) is 0 Å². The molecular formula is C85H73N3O2. The summed E-state index contributed by atoms with van der Waals surface area (Å²) in [7, 11) is 0. The van der Waals surface area contributed by atoms with Gasteiger partial charge in [0, 0.05) is 67.1 Å². The van der Waals surface area contributed by atoms with E-state index in [4.69, 9.17) is 8.83 Å². The quantitative estimate of drug-likeness (QED) is 0.129. The second-order valence-electron chi connectivity index (χ2n) is 27.3. The number of furan rings is 2. The summed E-state index contributed by atoms with van der Waals surface area (Å²) in [5.41, 5.74) is 21.8. The molecule has 14 aromatic rings. The summed E-state index contributed by atoms with van der Waals surface area (Å²) in [5, 5.41) is 4.13. The van der Waals surface area contributed by atoms with E-state index in [2.05, 4.69) is 356 Å². The lowest BCUT2D eigenvalue weighted by Gasteiger charge is -2.36. The third-order valence-electron chi connectivity index (χ3n) is 18.6. The first kappa shape index (κ1) is 56.2. The Morgan fingerprint density at radius 2 is 0.589 bits per heavy atom. The molecular weight excluding hydrogens is 1090 g/mol. The summed E-state index contributed by atoms with van der Waals surface area (Å²) < 4.78 is 15.1. The molecule has 440 valence electrons. The molecule has 15 rings (SSSR count). The molecule has 0 saturated heterocycles. The number of hydrogen-bond donors (Lipinski definition) is 0. The highest BCUT2D eigenvalue weighted by atomic mass is 16.3. The van der Waals surface area contributed by atoms with Crippen molar-refractivity contribution in [2.45, 2.75) is 84.0 Å². The minimum absolute atomic E-state index is 0.00687. The molecule has 1 atom stereocenters. The number of fused-ring (bicyclic) bond motifs is 11. The van der Waals surface area contributed by atoms with Crippen molar-refractivity contribution in [3.8, 4) is 11.1 Å². The van der Waals surface area contributed by atoms with Gasteiger partial charge in [-0.2, -0.15) is 0 Å². The van der Waals surface area contributed by atoms with Crippen LogP contribution in [0.4, 0.5) is 51.2 Å². The van der Waals surface area contributed by atoms with Gasteiger partial charge >= 0.3 is 0 Å². The maximum absolute atomic E-state index is 7.63. The third kappa shape index (κ3) is 9.28. The molecule has 90 heavy (non-hydrogen) atoms. The molecule has 12 aromatic carbocycles. The first-order chi connectivity index (χ1) is 43.6. The minimum Gasteiger partial charge on any atom is -0.455 e. The fraction of sp³-hybridized carbons (Fsp3) is 0.153. The van der Waals surface area contributed by atoms with Crippen molar-refractivity contribution in [2.24, 2.45) is 0 Å². The summed E-state index contributed by atoms with van der Waals surface area (Å²) in [6, 6.07) is 103. The van der Waals surface area contributed by atoms with Gasteiger partial charge in [0.05, 0.1) is 22.2 Å². The largest absolute Gasteiger partial charge is 0.455 e. The fourth-order valence-electron chi connectivity index (χ4n) is 14.0. The zero-order chi connectivity index (χ0) is 61.7. The lowest BCUT2D eigenvalue weighted by Crippen LogP contribution is -2.29. The van der Waals surface area contributed by atoms with Gasteiger partial charge in [0.15, 0.2) is 5.58 Å². The van der Waals surface area contributed by atoms with E-state index in [0.29, 0.717) is 0 Å². The lowest BCUT2D eigenvalue weighted by molar-refractivity contribution is 0.589. The second kappa shape index (κ2) is 21.5. The van der Waals surface area contributed by atoms with Gasteiger partial charge in [0.2, 0.25) is 0 Å². The average molecular weight is 1170 g/mol. The lowest BCUT2D eigenvalue weighted by atomic mass is 9.67. The molecule has 1 unspecified atom stereocenters. The number of rotatable bonds is 11. The molecule has 1 aliphatic carbocycles. The summed E-state index contributed by atoms with van der Waals surface area (Å²) >= 11 is 0. The Hall–Kier alpha value is -10.4. The van der Waals surface area contributed by atoms with E-state index >= 15 is 0 Å². The van der Waals surface area contributed by atoms with Crippen LogP contribution in [-0.4, -0.2) is 0 Å². The molecule has 0 radical (unpaired) electrons. The SMILES string of the molecule is CC(C)(C)c1ccc(N(c2ccc(C(C)(C)C)cc2)c2ccc(C3(c4ccc(C(C)(C)C)cc4)c4cc(N(c5ccccc5)c5ccccc5)c5c(oc6ccccc65)c4-c4c3cc(N(c3ccccc3)c3ccccc3)c3oc5ccccc5c43)cc2)cc1. The maximum Gasteiger partial charge on any atom is 0.160 e. The van der Waals surface area contributed by atoms with Crippen molar-refractivity contribution in [2.75, 3.05) is 14.7 Å². The van der Waals surface area contributed by atoms with Crippen LogP contribution in [0.2, 0.25) is 0 Å². The molecule has 5 heteroatoms. The molecule has 2 heterocycles. The van der Waals surface area contributed by atoms with E-state index in [1.54, 1.807) is 0 Å². The van der Waals surface area contributed by atoms with Crippen molar-refractivity contribution in [3.63, 3.8) is 0 Å². The topological polar surface area (TPSA) is 36.0 Å². The molecule has 0 aliphatic heterocycles. The van der Waals surface area contributed by atoms with E-state index in [1.165, 1.54) is 16.7 Å². The monoisotopic (exact) mass is 1170 g/mol. The highest BCUT2D eigenvalue weighted by molar-refractivity contribution is 6.26. The molecule has 0 saturated carbocycles. The average Bonchev–Trinajstić information content (AvgIpc) is 1.50. The highest BCUT2D eigenvalue weighted by Crippen LogP contribution is 2.65. The second-order valence-corrected chi connectivity index (χ2v) is 27.3. The van der Waals surface area contributed by atoms with Crippen LogP contribution >= 0.6 is 0 Å². The molecule has 0 amide bonds. The highest BCUT2D eigenvalue weighted by Gasteiger charge is 2.51. The van der Waals surface area contributed by atoms with Crippen LogP contribution in [0.1, 0.15) is 101 Å². The Labute approximate surface area is 528 Å². The number of hydrogen-bond acceptors (Lipinski definition) is 5. The van der Waals surface area contributed by atoms with Crippen LogP contribution in [-0.2, 0) is 21.7 Å². The smallest absolute Gasteiger partial charge is 0.160 e. The normalized spacial score (nSPS) is 14.1. The van der Waals surface area contributed by atoms with Crippen molar-refractivity contribution < 1.29 is 8.83 Å². The van der Waals surface area contributed by atoms with Gasteiger partial charge in [-0.3, -0.25) is 0 Å². The fourth-order valence-corrected chi connectivity index (χ4v) is 14.0. The van der Waals surface area contributed by atoms with E-state index in [9.17, 15) is 0 Å². The summed E-state index contributed by atoms with van der Waals surface area (Å²) in [6.45, 7) is 20.6. The number of benzene rings is 12. The number of nitrogens with zero attached hydrogens (tertiary/aromatic N) is 3. The van der Waals surface area contributed by atoms with Gasteiger partial charge in [-0.1, -0.05) is 232 Å². The zero-order valence-corrected chi connectivity index (χ0v) is 52.7. The summed E-state index contributed by atoms with van der Waals surface area (Å²) in [4.78, 5) is 7.22. The minimum atomic E-state index is -1.01. The Morgan fingerprint density at radius 3 is 1.01 bits per heavy atom. The first-order valence-corrected chi connectivity index (χ1v) is 31.6. The van der Waals surface area contributed by atoms with E-state index < -0.39 is 5.41 Å². The van der Waals surface area contributed by atoms with Gasteiger partial charge in [0.25, 0.3) is 0 Å². The van der Waals surface area contributed by atoms with Gasteiger partial charge in [0.1, 0.15) is 16.7 Å². The van der Waals surface area contributed by atoms with E-state index in [1.807, 2.05) is 0 Å². The first-order valence-electron chi connectivity index (χ1n) is 31.6. The predicted molar refractivity (Wildman–Crippen MR) is 378 cm³/mol. The maximum atomic E-state index is 7.63. The molecule has 0 N–H and O–H groups in total. The van der Waals surface area contributed by atoms with Crippen LogP contribution in [0.3, 0.4) is 0 Å². The van der Waals surface area contributed by atoms with Crippen LogP contribution in [0.25, 0.3) is 55.0 Å². The molecule has 5 nitrogen and oxygen atoms in total. The van der Waals surface area contributed by atoms with Gasteiger partial charge in [-0.15, -0.1) is 0 Å². The standard InChI is InChI=1S/C85H73N3O2/c1-82(2,3)56-38-40-59(41-39-56)85(60-46-52-67(53-47-60)86(65-48-42-57(43-49-65)83(4,5)6)66-50-44-58(45-51-66)84(7,8)9)70-55-73(88(63-30-18-12-19-31-63)64-32-20-13-21-33-64)80-77(69-35-23-25-37-75(69)89-80)78(70)79-71(85)54-72(76-68-34-22-24-36-74(68)90-81(76)79)87(61-26-14-10-15-27-61)62-28-16-11-17-29-62/h10-55H,1-9H3. The third-order valence-corrected chi connectivity index (χ3v) is 18.6. The van der Waals surface area contributed by atoms with Crippen LogP contribution in [0, 0.1) is 0 Å². The molecule has 0 fully saturated rings. The van der Waals surface area contributed by atoms with Crippen LogP contribution < -0.4 is 14.7 Å². The van der Waals surface area contributed by atoms with Crippen molar-refractivity contribution in [1.29, 1.82) is 0 Å². The summed E-state index contributed by atoms with van der Waals surface area (Å²) in [6.07, 6.45) is 0. The van der Waals surface area contributed by atoms with E-state index in [-0.39, 0.29) is 16.2 Å².